The van der Waals surface area contributed by atoms with Crippen molar-refractivity contribution in [1.82, 2.24) is 9.36 Å². The molecule has 2 aromatic rings. The third kappa shape index (κ3) is 4.04. The van der Waals surface area contributed by atoms with Crippen molar-refractivity contribution in [3.05, 3.63) is 35.2 Å². The summed E-state index contributed by atoms with van der Waals surface area (Å²) < 4.78 is 5.35. The van der Waals surface area contributed by atoms with E-state index >= 15 is 0 Å². The molecule has 0 aliphatic heterocycles. The number of hydrogen-bond acceptors (Lipinski definition) is 5. The van der Waals surface area contributed by atoms with Crippen molar-refractivity contribution in [3.8, 4) is 0 Å². The fraction of sp³-hybridized carbons (Fsp3) is 0.467. The van der Waals surface area contributed by atoms with E-state index in [0.717, 1.165) is 29.4 Å². The number of nitrogens with two attached hydrogens (primary N) is 1. The summed E-state index contributed by atoms with van der Waals surface area (Å²) in [7, 11) is 0. The van der Waals surface area contributed by atoms with E-state index in [1.54, 1.807) is 11.8 Å². The number of rotatable bonds is 6. The van der Waals surface area contributed by atoms with Gasteiger partial charge in [0.05, 0.1) is 0 Å². The highest BCUT2D eigenvalue weighted by atomic mass is 32.2. The number of benzene rings is 1. The SMILES string of the molecule is CCc1nsc(Sc2ccc(C)cc2CC(N)CC)n1. The molecule has 5 heteroatoms. The molecule has 1 aromatic carbocycles. The number of nitrogens with zero attached hydrogens (tertiary/aromatic N) is 2. The first kappa shape index (κ1) is 15.5. The highest BCUT2D eigenvalue weighted by Gasteiger charge is 2.11. The van der Waals surface area contributed by atoms with E-state index in [-0.39, 0.29) is 6.04 Å². The molecule has 108 valence electrons. The molecular formula is C15H21N3S2. The maximum Gasteiger partial charge on any atom is 0.174 e. The maximum absolute atomic E-state index is 6.11. The van der Waals surface area contributed by atoms with Gasteiger partial charge in [-0.2, -0.15) is 4.37 Å². The molecule has 0 bridgehead atoms. The molecule has 0 fully saturated rings. The molecule has 3 nitrogen and oxygen atoms in total. The van der Waals surface area contributed by atoms with Gasteiger partial charge in [-0.25, -0.2) is 4.98 Å². The molecule has 0 spiro atoms. The zero-order chi connectivity index (χ0) is 14.5. The van der Waals surface area contributed by atoms with Crippen molar-refractivity contribution in [2.24, 2.45) is 5.73 Å². The average Bonchev–Trinajstić information content (AvgIpc) is 2.89. The molecule has 0 saturated heterocycles. The Bertz CT molecular complexity index is 566. The maximum atomic E-state index is 6.11. The van der Waals surface area contributed by atoms with Crippen molar-refractivity contribution in [3.63, 3.8) is 0 Å². The normalized spacial score (nSPS) is 12.6. The molecule has 0 aliphatic rings. The van der Waals surface area contributed by atoms with Gasteiger partial charge < -0.3 is 5.73 Å². The van der Waals surface area contributed by atoms with Gasteiger partial charge in [0.2, 0.25) is 0 Å². The zero-order valence-corrected chi connectivity index (χ0v) is 13.9. The fourth-order valence-corrected chi connectivity index (χ4v) is 3.69. The summed E-state index contributed by atoms with van der Waals surface area (Å²) in [6, 6.07) is 6.77. The topological polar surface area (TPSA) is 51.8 Å². The van der Waals surface area contributed by atoms with Crippen LogP contribution in [0, 0.1) is 6.92 Å². The Morgan fingerprint density at radius 1 is 1.35 bits per heavy atom. The third-order valence-corrected chi connectivity index (χ3v) is 5.09. The van der Waals surface area contributed by atoms with Crippen LogP contribution in [0.1, 0.15) is 37.2 Å². The lowest BCUT2D eigenvalue weighted by atomic mass is 10.0. The summed E-state index contributed by atoms with van der Waals surface area (Å²) in [5.74, 6) is 0.927. The third-order valence-electron chi connectivity index (χ3n) is 3.19. The molecule has 1 atom stereocenters. The lowest BCUT2D eigenvalue weighted by Gasteiger charge is -2.13. The molecule has 1 heterocycles. The number of aromatic nitrogens is 2. The monoisotopic (exact) mass is 307 g/mol. The minimum atomic E-state index is 0.219. The van der Waals surface area contributed by atoms with Crippen molar-refractivity contribution in [2.75, 3.05) is 0 Å². The van der Waals surface area contributed by atoms with Gasteiger partial charge in [-0.1, -0.05) is 43.3 Å². The fourth-order valence-electron chi connectivity index (χ4n) is 1.91. The predicted molar refractivity (Wildman–Crippen MR) is 86.6 cm³/mol. The highest BCUT2D eigenvalue weighted by molar-refractivity contribution is 8.01. The second kappa shape index (κ2) is 7.20. The van der Waals surface area contributed by atoms with E-state index in [2.05, 4.69) is 48.3 Å². The van der Waals surface area contributed by atoms with Crippen molar-refractivity contribution >= 4 is 23.3 Å². The molecule has 0 aliphatic carbocycles. The van der Waals surface area contributed by atoms with E-state index in [4.69, 9.17) is 5.73 Å². The second-order valence-corrected chi connectivity index (χ2v) is 6.96. The lowest BCUT2D eigenvalue weighted by molar-refractivity contribution is 0.641. The smallest absolute Gasteiger partial charge is 0.174 e. The van der Waals surface area contributed by atoms with Crippen LogP contribution in [0.3, 0.4) is 0 Å². The van der Waals surface area contributed by atoms with E-state index in [1.165, 1.54) is 27.6 Å². The van der Waals surface area contributed by atoms with E-state index in [9.17, 15) is 0 Å². The van der Waals surface area contributed by atoms with Crippen LogP contribution in [0.15, 0.2) is 27.4 Å². The minimum absolute atomic E-state index is 0.219. The van der Waals surface area contributed by atoms with Crippen LogP contribution in [0.4, 0.5) is 0 Å². The van der Waals surface area contributed by atoms with Gasteiger partial charge in [-0.05, 0) is 42.9 Å². The van der Waals surface area contributed by atoms with Crippen LogP contribution in [0.25, 0.3) is 0 Å². The van der Waals surface area contributed by atoms with Crippen molar-refractivity contribution in [2.45, 2.75) is 55.3 Å². The molecule has 20 heavy (non-hydrogen) atoms. The largest absolute Gasteiger partial charge is 0.327 e. The highest BCUT2D eigenvalue weighted by Crippen LogP contribution is 2.32. The number of hydrogen-bond donors (Lipinski definition) is 1. The first-order valence-corrected chi connectivity index (χ1v) is 8.56. The van der Waals surface area contributed by atoms with E-state index in [0.29, 0.717) is 0 Å². The Labute approximate surface area is 129 Å². The van der Waals surface area contributed by atoms with Gasteiger partial charge >= 0.3 is 0 Å². The summed E-state index contributed by atoms with van der Waals surface area (Å²) in [4.78, 5) is 5.77. The van der Waals surface area contributed by atoms with Crippen LogP contribution in [-0.2, 0) is 12.8 Å². The molecule has 2 N–H and O–H groups in total. The molecule has 2 rings (SSSR count). The lowest BCUT2D eigenvalue weighted by Crippen LogP contribution is -2.21. The summed E-state index contributed by atoms with van der Waals surface area (Å²) in [5.41, 5.74) is 8.70. The Morgan fingerprint density at radius 2 is 2.15 bits per heavy atom. The first-order valence-electron chi connectivity index (χ1n) is 6.97. The molecule has 0 radical (unpaired) electrons. The van der Waals surface area contributed by atoms with Crippen LogP contribution in [0.5, 0.6) is 0 Å². The molecule has 0 saturated carbocycles. The van der Waals surface area contributed by atoms with Gasteiger partial charge in [0.25, 0.3) is 0 Å². The molecule has 0 amide bonds. The van der Waals surface area contributed by atoms with Crippen molar-refractivity contribution in [1.29, 1.82) is 0 Å². The summed E-state index contributed by atoms with van der Waals surface area (Å²) in [6.07, 6.45) is 2.80. The Morgan fingerprint density at radius 3 is 2.80 bits per heavy atom. The van der Waals surface area contributed by atoms with Crippen LogP contribution >= 0.6 is 23.3 Å². The summed E-state index contributed by atoms with van der Waals surface area (Å²) in [5, 5.41) is 0. The van der Waals surface area contributed by atoms with Crippen molar-refractivity contribution < 1.29 is 0 Å². The Balaban J connectivity index is 2.21. The van der Waals surface area contributed by atoms with E-state index < -0.39 is 0 Å². The average molecular weight is 307 g/mol. The molecule has 1 aromatic heterocycles. The quantitative estimate of drug-likeness (QED) is 0.881. The van der Waals surface area contributed by atoms with Crippen LogP contribution < -0.4 is 5.73 Å². The first-order chi connectivity index (χ1) is 9.62. The Hall–Kier alpha value is -0.910. The van der Waals surface area contributed by atoms with Crippen LogP contribution in [-0.4, -0.2) is 15.4 Å². The minimum Gasteiger partial charge on any atom is -0.327 e. The van der Waals surface area contributed by atoms with Gasteiger partial charge in [-0.3, -0.25) is 0 Å². The predicted octanol–water partition coefficient (Wildman–Crippen LogP) is 3.84. The summed E-state index contributed by atoms with van der Waals surface area (Å²) >= 11 is 3.18. The molecular weight excluding hydrogens is 286 g/mol. The zero-order valence-electron chi connectivity index (χ0n) is 12.2. The standard InChI is InChI=1S/C15H21N3S2/c1-4-12(16)9-11-8-10(3)6-7-13(11)19-15-17-14(5-2)18-20-15/h6-8,12H,4-5,9,16H2,1-3H3. The van der Waals surface area contributed by atoms with Gasteiger partial charge in [0.15, 0.2) is 4.34 Å². The number of aryl methyl sites for hydroxylation is 2. The van der Waals surface area contributed by atoms with E-state index in [1.807, 2.05) is 0 Å². The van der Waals surface area contributed by atoms with Gasteiger partial charge in [-0.15, -0.1) is 0 Å². The Kier molecular flexibility index (Phi) is 5.57. The van der Waals surface area contributed by atoms with Gasteiger partial charge in [0.1, 0.15) is 5.82 Å². The second-order valence-electron chi connectivity index (χ2n) is 4.92. The summed E-state index contributed by atoms with van der Waals surface area (Å²) in [6.45, 7) is 6.33. The molecule has 1 unspecified atom stereocenters. The van der Waals surface area contributed by atoms with Crippen LogP contribution in [0.2, 0.25) is 0 Å². The van der Waals surface area contributed by atoms with Gasteiger partial charge in [0, 0.05) is 17.4 Å².